The van der Waals surface area contributed by atoms with E-state index in [9.17, 15) is 10.2 Å². The van der Waals surface area contributed by atoms with Crippen molar-refractivity contribution >= 4 is 0 Å². The molecule has 2 fully saturated rings. The van der Waals surface area contributed by atoms with Gasteiger partial charge in [0, 0.05) is 7.11 Å². The van der Waals surface area contributed by atoms with Gasteiger partial charge in [-0.05, 0) is 12.8 Å². The zero-order valence-corrected chi connectivity index (χ0v) is 15.8. The zero-order chi connectivity index (χ0) is 18.1. The molecule has 148 valence electrons. The lowest BCUT2D eigenvalue weighted by atomic mass is 9.98. The number of fused-ring (bicyclic) bond motifs is 1. The number of hydrogen-bond donors (Lipinski definition) is 2. The SMILES string of the molecule is CCCCCCCCCCCC1OCC2O[C@H](OC)[C@@H](O)C(O)[C@@H]2O1. The normalized spacial score (nSPS) is 35.5. The number of hydrogen-bond acceptors (Lipinski definition) is 6. The topological polar surface area (TPSA) is 77.4 Å². The second kappa shape index (κ2) is 11.5. The van der Waals surface area contributed by atoms with Gasteiger partial charge in [0.15, 0.2) is 12.6 Å². The molecule has 2 aliphatic rings. The molecule has 6 heteroatoms. The van der Waals surface area contributed by atoms with Crippen LogP contribution in [0.4, 0.5) is 0 Å². The number of methoxy groups -OCH3 is 1. The summed E-state index contributed by atoms with van der Waals surface area (Å²) in [6.07, 6.45) is 8.08. The van der Waals surface area contributed by atoms with E-state index in [-0.39, 0.29) is 6.29 Å². The summed E-state index contributed by atoms with van der Waals surface area (Å²) in [4.78, 5) is 0. The maximum atomic E-state index is 10.2. The summed E-state index contributed by atoms with van der Waals surface area (Å²) in [7, 11) is 1.44. The Balaban J connectivity index is 1.58. The lowest BCUT2D eigenvalue weighted by Gasteiger charge is -2.45. The maximum absolute atomic E-state index is 10.2. The molecule has 6 atom stereocenters. The summed E-state index contributed by atoms with van der Waals surface area (Å²) in [5.74, 6) is 0. The minimum absolute atomic E-state index is 0.324. The smallest absolute Gasteiger partial charge is 0.186 e. The number of rotatable bonds is 11. The van der Waals surface area contributed by atoms with E-state index in [1.165, 1.54) is 58.5 Å². The Kier molecular flexibility index (Phi) is 9.66. The first kappa shape index (κ1) is 21.1. The highest BCUT2D eigenvalue weighted by molar-refractivity contribution is 4.92. The van der Waals surface area contributed by atoms with E-state index in [0.717, 1.165) is 12.8 Å². The van der Waals surface area contributed by atoms with Crippen molar-refractivity contribution in [2.75, 3.05) is 13.7 Å². The first-order chi connectivity index (χ1) is 12.2. The van der Waals surface area contributed by atoms with Gasteiger partial charge in [-0.15, -0.1) is 0 Å². The van der Waals surface area contributed by atoms with Crippen LogP contribution in [0.1, 0.15) is 71.1 Å². The highest BCUT2D eigenvalue weighted by atomic mass is 16.7. The Morgan fingerprint density at radius 1 is 0.880 bits per heavy atom. The molecule has 0 aromatic rings. The number of ether oxygens (including phenoxy) is 4. The van der Waals surface area contributed by atoms with Gasteiger partial charge >= 0.3 is 0 Å². The molecule has 2 saturated heterocycles. The quantitative estimate of drug-likeness (QED) is 0.552. The molecule has 0 aromatic carbocycles. The summed E-state index contributed by atoms with van der Waals surface area (Å²) in [6.45, 7) is 2.60. The van der Waals surface area contributed by atoms with Crippen LogP contribution < -0.4 is 0 Å². The molecule has 3 unspecified atom stereocenters. The van der Waals surface area contributed by atoms with Crippen LogP contribution in [0.15, 0.2) is 0 Å². The molecule has 0 radical (unpaired) electrons. The van der Waals surface area contributed by atoms with Crippen LogP contribution in [0.5, 0.6) is 0 Å². The van der Waals surface area contributed by atoms with Crippen LogP contribution in [-0.4, -0.2) is 60.9 Å². The molecule has 0 saturated carbocycles. The monoisotopic (exact) mass is 360 g/mol. The van der Waals surface area contributed by atoms with Gasteiger partial charge in [0.25, 0.3) is 0 Å². The van der Waals surface area contributed by atoms with Crippen molar-refractivity contribution in [2.24, 2.45) is 0 Å². The van der Waals surface area contributed by atoms with Crippen LogP contribution in [0.25, 0.3) is 0 Å². The number of aliphatic hydroxyl groups is 2. The van der Waals surface area contributed by atoms with Crippen LogP contribution in [0.3, 0.4) is 0 Å². The molecule has 25 heavy (non-hydrogen) atoms. The van der Waals surface area contributed by atoms with E-state index < -0.39 is 30.7 Å². The fourth-order valence-electron chi connectivity index (χ4n) is 3.59. The lowest BCUT2D eigenvalue weighted by Crippen LogP contribution is -2.63. The van der Waals surface area contributed by atoms with Gasteiger partial charge in [0.2, 0.25) is 0 Å². The third kappa shape index (κ3) is 6.45. The largest absolute Gasteiger partial charge is 0.387 e. The average molecular weight is 360 g/mol. The average Bonchev–Trinajstić information content (AvgIpc) is 2.63. The Morgan fingerprint density at radius 3 is 2.16 bits per heavy atom. The number of aliphatic hydroxyl groups excluding tert-OH is 2. The minimum Gasteiger partial charge on any atom is -0.387 e. The van der Waals surface area contributed by atoms with E-state index in [1.807, 2.05) is 0 Å². The van der Waals surface area contributed by atoms with Gasteiger partial charge in [-0.3, -0.25) is 0 Å². The third-order valence-corrected chi connectivity index (χ3v) is 5.17. The highest BCUT2D eigenvalue weighted by Crippen LogP contribution is 2.30. The molecular formula is C19H36O6. The van der Waals surface area contributed by atoms with Crippen molar-refractivity contribution in [1.29, 1.82) is 0 Å². The summed E-state index contributed by atoms with van der Waals surface area (Å²) in [6, 6.07) is 0. The first-order valence-electron chi connectivity index (χ1n) is 9.98. The Bertz CT molecular complexity index is 351. The van der Waals surface area contributed by atoms with Crippen LogP contribution in [-0.2, 0) is 18.9 Å². The maximum Gasteiger partial charge on any atom is 0.186 e. The Morgan fingerprint density at radius 2 is 1.52 bits per heavy atom. The van der Waals surface area contributed by atoms with E-state index in [4.69, 9.17) is 18.9 Å². The van der Waals surface area contributed by atoms with Crippen LogP contribution >= 0.6 is 0 Å². The molecule has 0 aromatic heterocycles. The van der Waals surface area contributed by atoms with Gasteiger partial charge < -0.3 is 29.2 Å². The fraction of sp³-hybridized carbons (Fsp3) is 1.00. The molecule has 2 heterocycles. The molecule has 2 rings (SSSR count). The van der Waals surface area contributed by atoms with Gasteiger partial charge in [-0.1, -0.05) is 58.3 Å². The van der Waals surface area contributed by atoms with E-state index in [1.54, 1.807) is 0 Å². The van der Waals surface area contributed by atoms with Crippen LogP contribution in [0, 0.1) is 0 Å². The highest BCUT2D eigenvalue weighted by Gasteiger charge is 2.48. The molecule has 0 spiro atoms. The van der Waals surface area contributed by atoms with Gasteiger partial charge in [0.05, 0.1) is 6.61 Å². The van der Waals surface area contributed by atoms with Gasteiger partial charge in [-0.2, -0.15) is 0 Å². The van der Waals surface area contributed by atoms with Gasteiger partial charge in [-0.25, -0.2) is 0 Å². The summed E-state index contributed by atoms with van der Waals surface area (Å²) < 4.78 is 22.2. The van der Waals surface area contributed by atoms with Gasteiger partial charge in [0.1, 0.15) is 24.4 Å². The molecular weight excluding hydrogens is 324 g/mol. The van der Waals surface area contributed by atoms with Crippen molar-refractivity contribution in [3.63, 3.8) is 0 Å². The van der Waals surface area contributed by atoms with Crippen molar-refractivity contribution in [3.05, 3.63) is 0 Å². The van der Waals surface area contributed by atoms with E-state index >= 15 is 0 Å². The summed E-state index contributed by atoms with van der Waals surface area (Å²) in [5.41, 5.74) is 0. The van der Waals surface area contributed by atoms with Crippen molar-refractivity contribution in [1.82, 2.24) is 0 Å². The molecule has 0 aliphatic carbocycles. The van der Waals surface area contributed by atoms with Crippen molar-refractivity contribution in [2.45, 2.75) is 108 Å². The zero-order valence-electron chi connectivity index (χ0n) is 15.8. The Labute approximate surface area is 151 Å². The third-order valence-electron chi connectivity index (χ3n) is 5.17. The molecule has 0 amide bonds. The fourth-order valence-corrected chi connectivity index (χ4v) is 3.59. The summed E-state index contributed by atoms with van der Waals surface area (Å²) in [5, 5.41) is 20.2. The second-order valence-corrected chi connectivity index (χ2v) is 7.24. The molecule has 2 N–H and O–H groups in total. The van der Waals surface area contributed by atoms with Crippen molar-refractivity contribution < 1.29 is 29.2 Å². The van der Waals surface area contributed by atoms with Crippen LogP contribution in [0.2, 0.25) is 0 Å². The van der Waals surface area contributed by atoms with Crippen molar-refractivity contribution in [3.8, 4) is 0 Å². The molecule has 2 aliphatic heterocycles. The minimum atomic E-state index is -1.10. The molecule has 6 nitrogen and oxygen atoms in total. The predicted octanol–water partition coefficient (Wildman–Crippen LogP) is 2.74. The lowest BCUT2D eigenvalue weighted by molar-refractivity contribution is -0.356. The number of unbranched alkanes of at least 4 members (excludes halogenated alkanes) is 8. The Hall–Kier alpha value is -0.240. The predicted molar refractivity (Wildman–Crippen MR) is 94.1 cm³/mol. The second-order valence-electron chi connectivity index (χ2n) is 7.24. The summed E-state index contributed by atoms with van der Waals surface area (Å²) >= 11 is 0. The first-order valence-corrected chi connectivity index (χ1v) is 9.98. The molecule has 0 bridgehead atoms. The van der Waals surface area contributed by atoms with E-state index in [2.05, 4.69) is 6.92 Å². The van der Waals surface area contributed by atoms with E-state index in [0.29, 0.717) is 6.61 Å². The standard InChI is InChI=1S/C19H36O6/c1-3-4-5-6-7-8-9-10-11-12-15-23-13-14-18(25-15)16(20)17(21)19(22-2)24-14/h14-21H,3-13H2,1-2H3/t14?,15?,16?,17-,18+,19-/m0/s1.